The van der Waals surface area contributed by atoms with Gasteiger partial charge in [0.2, 0.25) is 11.6 Å². The van der Waals surface area contributed by atoms with Crippen LogP contribution >= 0.6 is 0 Å². The normalized spacial score (nSPS) is 7.22. The second-order valence-electron chi connectivity index (χ2n) is 1.17. The van der Waals surface area contributed by atoms with E-state index < -0.39 is 17.5 Å². The number of hydrogen-bond acceptors (Lipinski definition) is 4. The van der Waals surface area contributed by atoms with E-state index in [0.717, 1.165) is 6.92 Å². The summed E-state index contributed by atoms with van der Waals surface area (Å²) in [5.74, 6) is -4.44. The minimum atomic E-state index is -1.95. The molecule has 0 saturated carbocycles. The predicted octanol–water partition coefficient (Wildman–Crippen LogP) is -5.10. The van der Waals surface area contributed by atoms with Crippen molar-refractivity contribution < 1.29 is 70.9 Å². The van der Waals surface area contributed by atoms with Gasteiger partial charge < -0.3 is 9.90 Å². The molecule has 0 fully saturated rings. The molecule has 0 heterocycles. The summed E-state index contributed by atoms with van der Waals surface area (Å²) >= 11 is 0. The summed E-state index contributed by atoms with van der Waals surface area (Å²) in [6, 6.07) is 0. The molecule has 0 aromatic rings. The summed E-state index contributed by atoms with van der Waals surface area (Å²) in [7, 11) is 0. The molecule has 0 aromatic carbocycles. The largest absolute Gasteiger partial charge is 1.00 e. The van der Waals surface area contributed by atoms with Crippen LogP contribution in [-0.2, 0) is 14.4 Å². The van der Waals surface area contributed by atoms with Gasteiger partial charge in [0.15, 0.2) is 0 Å². The quantitative estimate of drug-likeness (QED) is 0.226. The van der Waals surface area contributed by atoms with Crippen LogP contribution in [0.15, 0.2) is 0 Å². The number of carbonyl (C=O) groups is 3. The fourth-order valence-corrected chi connectivity index (χ4v) is 0.144. The van der Waals surface area contributed by atoms with Crippen LogP contribution in [0.3, 0.4) is 0 Å². The van der Waals surface area contributed by atoms with E-state index in [1.807, 2.05) is 0 Å². The zero-order chi connectivity index (χ0) is 6.73. The molecule has 0 saturated heterocycles. The molecule has 44 valence electrons. The average molecular weight is 154 g/mol. The molecular weight excluding hydrogens is 151 g/mol. The van der Waals surface area contributed by atoms with Gasteiger partial charge in [-0.1, -0.05) is 0 Å². The maximum atomic E-state index is 9.83. The van der Waals surface area contributed by atoms with E-state index in [4.69, 9.17) is 0 Å². The van der Waals surface area contributed by atoms with Crippen molar-refractivity contribution in [3.63, 3.8) is 0 Å². The third kappa shape index (κ3) is 4.92. The molecule has 0 unspecified atom stereocenters. The average Bonchev–Trinajstić information content (AvgIpc) is 1.64. The number of Topliss-reactive ketones (excluding diaryl/α,β-unsaturated/α-hetero) is 2. The van der Waals surface area contributed by atoms with E-state index in [0.29, 0.717) is 0 Å². The van der Waals surface area contributed by atoms with Gasteiger partial charge >= 0.3 is 51.4 Å². The Labute approximate surface area is 94.0 Å². The van der Waals surface area contributed by atoms with Gasteiger partial charge in [0.05, 0.1) is 0 Å². The van der Waals surface area contributed by atoms with Gasteiger partial charge in [0.25, 0.3) is 0 Å². The van der Waals surface area contributed by atoms with Crippen LogP contribution in [0.25, 0.3) is 0 Å². The minimum absolute atomic E-state index is 0. The third-order valence-electron chi connectivity index (χ3n) is 0.505. The number of hydrogen-bond donors (Lipinski definition) is 0. The van der Waals surface area contributed by atoms with Gasteiger partial charge in [0.1, 0.15) is 5.97 Å². The smallest absolute Gasteiger partial charge is 0.541 e. The van der Waals surface area contributed by atoms with Crippen LogP contribution in [0.2, 0.25) is 0 Å². The number of aliphatic carboxylic acids is 1. The van der Waals surface area contributed by atoms with Gasteiger partial charge in [-0.2, -0.15) is 0 Å². The number of carboxylic acids is 1. The topological polar surface area (TPSA) is 74.3 Å². The van der Waals surface area contributed by atoms with Gasteiger partial charge in [-0.15, -0.1) is 0 Å². The van der Waals surface area contributed by atoms with Crippen molar-refractivity contribution in [2.45, 2.75) is 6.92 Å². The molecule has 0 aliphatic heterocycles. The van der Waals surface area contributed by atoms with Crippen molar-refractivity contribution in [2.24, 2.45) is 0 Å². The van der Waals surface area contributed by atoms with E-state index in [9.17, 15) is 19.5 Å². The first-order valence-corrected chi connectivity index (χ1v) is 1.82. The molecular formula is C4H3KO4. The van der Waals surface area contributed by atoms with Gasteiger partial charge in [-0.05, 0) is 0 Å². The Bertz CT molecular complexity index is 135. The first-order valence-electron chi connectivity index (χ1n) is 1.82. The summed E-state index contributed by atoms with van der Waals surface area (Å²) in [5.41, 5.74) is 0. The maximum Gasteiger partial charge on any atom is 1.00 e. The monoisotopic (exact) mass is 154 g/mol. The molecule has 0 N–H and O–H groups in total. The molecule has 0 bridgehead atoms. The molecule has 0 spiro atoms. The number of carboxylic acid groups (broad SMARTS) is 1. The van der Waals surface area contributed by atoms with Crippen molar-refractivity contribution in [3.05, 3.63) is 0 Å². The zero-order valence-corrected chi connectivity index (χ0v) is 8.26. The van der Waals surface area contributed by atoms with E-state index in [1.165, 1.54) is 0 Å². The first-order chi connectivity index (χ1) is 3.55. The fourth-order valence-electron chi connectivity index (χ4n) is 0.144. The molecule has 0 rings (SSSR count). The Morgan fingerprint density at radius 2 is 1.56 bits per heavy atom. The SMILES string of the molecule is CC(=O)C(=O)C(=O)[O-].[K+]. The molecule has 5 heteroatoms. The van der Waals surface area contributed by atoms with Gasteiger partial charge in [0, 0.05) is 6.92 Å². The standard InChI is InChI=1S/C4H4O4.K/c1-2(5)3(6)4(7)8;/h1H3,(H,7,8);/q;+1/p-1. The molecule has 0 aliphatic carbocycles. The van der Waals surface area contributed by atoms with Crippen LogP contribution in [-0.4, -0.2) is 17.5 Å². The van der Waals surface area contributed by atoms with Crippen molar-refractivity contribution in [3.8, 4) is 0 Å². The third-order valence-corrected chi connectivity index (χ3v) is 0.505. The summed E-state index contributed by atoms with van der Waals surface area (Å²) in [6.07, 6.45) is 0. The van der Waals surface area contributed by atoms with Crippen molar-refractivity contribution in [2.75, 3.05) is 0 Å². The summed E-state index contributed by atoms with van der Waals surface area (Å²) in [5, 5.41) is 9.46. The van der Waals surface area contributed by atoms with Gasteiger partial charge in [-0.25, -0.2) is 0 Å². The summed E-state index contributed by atoms with van der Waals surface area (Å²) < 4.78 is 0. The molecule has 0 radical (unpaired) electrons. The number of ketones is 2. The van der Waals surface area contributed by atoms with Crippen molar-refractivity contribution in [1.29, 1.82) is 0 Å². The molecule has 9 heavy (non-hydrogen) atoms. The predicted molar refractivity (Wildman–Crippen MR) is 20.7 cm³/mol. The number of carbonyl (C=O) groups excluding carboxylic acids is 3. The van der Waals surface area contributed by atoms with E-state index >= 15 is 0 Å². The summed E-state index contributed by atoms with van der Waals surface area (Å²) in [6.45, 7) is 0.873. The van der Waals surface area contributed by atoms with Crippen LogP contribution in [0, 0.1) is 0 Å². The zero-order valence-electron chi connectivity index (χ0n) is 5.13. The van der Waals surface area contributed by atoms with Crippen LogP contribution in [0.4, 0.5) is 0 Å². The van der Waals surface area contributed by atoms with Crippen LogP contribution < -0.4 is 56.5 Å². The van der Waals surface area contributed by atoms with Crippen LogP contribution in [0.5, 0.6) is 0 Å². The maximum absolute atomic E-state index is 9.83. The van der Waals surface area contributed by atoms with E-state index in [1.54, 1.807) is 0 Å². The minimum Gasteiger partial charge on any atom is -0.541 e. The Kier molecular flexibility index (Phi) is 7.09. The second-order valence-corrected chi connectivity index (χ2v) is 1.17. The molecule has 4 nitrogen and oxygen atoms in total. The van der Waals surface area contributed by atoms with Crippen molar-refractivity contribution >= 4 is 17.5 Å². The van der Waals surface area contributed by atoms with Gasteiger partial charge in [-0.3, -0.25) is 9.59 Å². The van der Waals surface area contributed by atoms with Crippen molar-refractivity contribution in [1.82, 2.24) is 0 Å². The first kappa shape index (κ1) is 12.2. The Morgan fingerprint density at radius 3 is 1.56 bits per heavy atom. The Hall–Kier alpha value is 0.446. The molecule has 0 aromatic heterocycles. The molecule has 0 atom stereocenters. The molecule has 0 aliphatic rings. The Morgan fingerprint density at radius 1 is 1.22 bits per heavy atom. The van der Waals surface area contributed by atoms with Crippen LogP contribution in [0.1, 0.15) is 6.92 Å². The Balaban J connectivity index is 0. The second kappa shape index (κ2) is 5.25. The molecule has 0 amide bonds. The number of rotatable bonds is 2. The van der Waals surface area contributed by atoms with E-state index in [-0.39, 0.29) is 51.4 Å². The summed E-state index contributed by atoms with van der Waals surface area (Å²) in [4.78, 5) is 29.1. The van der Waals surface area contributed by atoms with E-state index in [2.05, 4.69) is 0 Å². The fraction of sp³-hybridized carbons (Fsp3) is 0.250.